The first-order chi connectivity index (χ1) is 9.74. The van der Waals surface area contributed by atoms with Crippen molar-refractivity contribution in [3.8, 4) is 11.4 Å². The normalized spacial score (nSPS) is 11.7. The number of nitro benzene ring substituents is 1. The number of non-ortho nitro benzene ring substituents is 1. The zero-order valence-electron chi connectivity index (χ0n) is 12.6. The fourth-order valence-corrected chi connectivity index (χ4v) is 2.34. The van der Waals surface area contributed by atoms with E-state index in [1.807, 2.05) is 38.3 Å². The van der Waals surface area contributed by atoms with Crippen molar-refractivity contribution >= 4 is 5.69 Å². The van der Waals surface area contributed by atoms with Crippen LogP contribution >= 0.6 is 0 Å². The maximum atomic E-state index is 11.0. The molecule has 21 heavy (non-hydrogen) atoms. The van der Waals surface area contributed by atoms with Crippen molar-refractivity contribution < 1.29 is 4.92 Å². The van der Waals surface area contributed by atoms with Crippen LogP contribution in [0.1, 0.15) is 32.2 Å². The minimum absolute atomic E-state index is 0.0442. The average Bonchev–Trinajstić information content (AvgIpc) is 2.81. The number of hydrogen-bond acceptors (Lipinski definition) is 5. The van der Waals surface area contributed by atoms with E-state index < -0.39 is 4.92 Å². The number of hydrogen-bond donors (Lipinski definition) is 1. The molecule has 0 saturated heterocycles. The largest absolute Gasteiger partial charge is 0.324 e. The number of aryl methyl sites for hydroxylation is 1. The van der Waals surface area contributed by atoms with Crippen molar-refractivity contribution in [3.05, 3.63) is 39.7 Å². The van der Waals surface area contributed by atoms with Crippen LogP contribution in [0.3, 0.4) is 0 Å². The van der Waals surface area contributed by atoms with Gasteiger partial charge in [0.05, 0.1) is 11.5 Å². The van der Waals surface area contributed by atoms with Crippen LogP contribution in [-0.4, -0.2) is 19.7 Å². The Hall–Kier alpha value is -2.28. The molecule has 1 heterocycles. The Labute approximate surface area is 122 Å². The summed E-state index contributed by atoms with van der Waals surface area (Å²) in [6.07, 6.45) is 0. The third-order valence-corrected chi connectivity index (χ3v) is 3.11. The Bertz CT molecular complexity index is 685. The Morgan fingerprint density at radius 3 is 2.48 bits per heavy atom. The lowest BCUT2D eigenvalue weighted by Crippen LogP contribution is -2.26. The summed E-state index contributed by atoms with van der Waals surface area (Å²) in [5.41, 5.74) is 6.96. The number of benzene rings is 1. The van der Waals surface area contributed by atoms with Gasteiger partial charge in [0, 0.05) is 23.2 Å². The molecule has 0 spiro atoms. The molecule has 7 nitrogen and oxygen atoms in total. The SMILES string of the molecule is Cc1cc(-c2nnc(CN)n2C(C)(C)C)cc([N+](=O)[O-])c1. The number of nitrogens with two attached hydrogens (primary N) is 1. The molecule has 0 atom stereocenters. The van der Waals surface area contributed by atoms with Gasteiger partial charge in [-0.05, 0) is 39.3 Å². The number of rotatable bonds is 3. The fraction of sp³-hybridized carbons (Fsp3) is 0.429. The topological polar surface area (TPSA) is 99.9 Å². The summed E-state index contributed by atoms with van der Waals surface area (Å²) in [4.78, 5) is 10.6. The molecule has 2 N–H and O–H groups in total. The van der Waals surface area contributed by atoms with E-state index in [0.29, 0.717) is 17.2 Å². The molecule has 1 aromatic heterocycles. The van der Waals surface area contributed by atoms with Gasteiger partial charge in [-0.25, -0.2) is 0 Å². The van der Waals surface area contributed by atoms with E-state index >= 15 is 0 Å². The summed E-state index contributed by atoms with van der Waals surface area (Å²) in [6, 6.07) is 4.91. The predicted molar refractivity (Wildman–Crippen MR) is 79.7 cm³/mol. The predicted octanol–water partition coefficient (Wildman–Crippen LogP) is 2.38. The smallest absolute Gasteiger partial charge is 0.270 e. The maximum Gasteiger partial charge on any atom is 0.270 e. The molecule has 112 valence electrons. The summed E-state index contributed by atoms with van der Waals surface area (Å²) in [5, 5.41) is 19.3. The average molecular weight is 289 g/mol. The van der Waals surface area contributed by atoms with Crippen LogP contribution in [0.25, 0.3) is 11.4 Å². The molecule has 0 aliphatic carbocycles. The van der Waals surface area contributed by atoms with Crippen LogP contribution < -0.4 is 5.73 Å². The van der Waals surface area contributed by atoms with Crippen LogP contribution in [-0.2, 0) is 12.1 Å². The molecule has 0 aliphatic rings. The van der Waals surface area contributed by atoms with Crippen LogP contribution in [0.15, 0.2) is 18.2 Å². The first-order valence-corrected chi connectivity index (χ1v) is 6.65. The van der Waals surface area contributed by atoms with Crippen LogP contribution in [0.2, 0.25) is 0 Å². The van der Waals surface area contributed by atoms with Gasteiger partial charge in [0.25, 0.3) is 5.69 Å². The Kier molecular flexibility index (Phi) is 3.78. The molecular weight excluding hydrogens is 270 g/mol. The highest BCUT2D eigenvalue weighted by Gasteiger charge is 2.24. The van der Waals surface area contributed by atoms with E-state index in [4.69, 9.17) is 5.73 Å². The zero-order chi connectivity index (χ0) is 15.8. The lowest BCUT2D eigenvalue weighted by Gasteiger charge is -2.24. The van der Waals surface area contributed by atoms with Gasteiger partial charge in [-0.15, -0.1) is 10.2 Å². The molecule has 0 aliphatic heterocycles. The quantitative estimate of drug-likeness (QED) is 0.690. The first kappa shape index (κ1) is 15.1. The minimum Gasteiger partial charge on any atom is -0.324 e. The number of nitro groups is 1. The highest BCUT2D eigenvalue weighted by molar-refractivity contribution is 5.61. The van der Waals surface area contributed by atoms with E-state index in [1.54, 1.807) is 0 Å². The lowest BCUT2D eigenvalue weighted by atomic mass is 10.1. The van der Waals surface area contributed by atoms with Crippen LogP contribution in [0.5, 0.6) is 0 Å². The Morgan fingerprint density at radius 2 is 1.95 bits per heavy atom. The molecule has 2 rings (SSSR count). The van der Waals surface area contributed by atoms with E-state index in [1.165, 1.54) is 12.1 Å². The van der Waals surface area contributed by atoms with Crippen molar-refractivity contribution in [2.75, 3.05) is 0 Å². The number of nitrogens with zero attached hydrogens (tertiary/aromatic N) is 4. The molecule has 0 amide bonds. The molecular formula is C14H19N5O2. The zero-order valence-corrected chi connectivity index (χ0v) is 12.6. The van der Waals surface area contributed by atoms with Crippen molar-refractivity contribution in [2.45, 2.75) is 39.8 Å². The molecule has 0 radical (unpaired) electrons. The second kappa shape index (κ2) is 5.25. The Morgan fingerprint density at radius 1 is 1.29 bits per heavy atom. The second-order valence-electron chi connectivity index (χ2n) is 5.96. The molecule has 0 unspecified atom stereocenters. The first-order valence-electron chi connectivity index (χ1n) is 6.65. The van der Waals surface area contributed by atoms with Gasteiger partial charge in [-0.3, -0.25) is 10.1 Å². The summed E-state index contributed by atoms with van der Waals surface area (Å²) in [5.74, 6) is 1.25. The van der Waals surface area contributed by atoms with Gasteiger partial charge < -0.3 is 10.3 Å². The minimum atomic E-state index is -0.405. The van der Waals surface area contributed by atoms with Gasteiger partial charge in [0.2, 0.25) is 0 Å². The van der Waals surface area contributed by atoms with Gasteiger partial charge in [0.15, 0.2) is 5.82 Å². The van der Waals surface area contributed by atoms with Crippen molar-refractivity contribution in [1.82, 2.24) is 14.8 Å². The maximum absolute atomic E-state index is 11.0. The third-order valence-electron chi connectivity index (χ3n) is 3.11. The van der Waals surface area contributed by atoms with Gasteiger partial charge in [-0.1, -0.05) is 0 Å². The fourth-order valence-electron chi connectivity index (χ4n) is 2.34. The highest BCUT2D eigenvalue weighted by atomic mass is 16.6. The second-order valence-corrected chi connectivity index (χ2v) is 5.96. The summed E-state index contributed by atoms with van der Waals surface area (Å²) < 4.78 is 1.92. The molecule has 1 aromatic carbocycles. The van der Waals surface area contributed by atoms with Crippen molar-refractivity contribution in [1.29, 1.82) is 0 Å². The lowest BCUT2D eigenvalue weighted by molar-refractivity contribution is -0.384. The third kappa shape index (κ3) is 2.92. The monoisotopic (exact) mass is 289 g/mol. The summed E-state index contributed by atoms with van der Waals surface area (Å²) in [7, 11) is 0. The molecule has 2 aromatic rings. The van der Waals surface area contributed by atoms with Crippen LogP contribution in [0.4, 0.5) is 5.69 Å². The Balaban J connectivity index is 2.68. The van der Waals surface area contributed by atoms with E-state index in [0.717, 1.165) is 5.56 Å². The van der Waals surface area contributed by atoms with Gasteiger partial charge >= 0.3 is 0 Å². The molecule has 0 bridgehead atoms. The van der Waals surface area contributed by atoms with E-state index in [-0.39, 0.29) is 17.8 Å². The molecule has 0 fully saturated rings. The highest BCUT2D eigenvalue weighted by Crippen LogP contribution is 2.29. The molecule has 0 saturated carbocycles. The van der Waals surface area contributed by atoms with Crippen molar-refractivity contribution in [3.63, 3.8) is 0 Å². The summed E-state index contributed by atoms with van der Waals surface area (Å²) in [6.45, 7) is 8.13. The van der Waals surface area contributed by atoms with Crippen molar-refractivity contribution in [2.24, 2.45) is 5.73 Å². The summed E-state index contributed by atoms with van der Waals surface area (Å²) >= 11 is 0. The van der Waals surface area contributed by atoms with E-state index in [2.05, 4.69) is 10.2 Å². The number of aromatic nitrogens is 3. The van der Waals surface area contributed by atoms with Gasteiger partial charge in [-0.2, -0.15) is 0 Å². The van der Waals surface area contributed by atoms with Gasteiger partial charge in [0.1, 0.15) is 5.82 Å². The van der Waals surface area contributed by atoms with E-state index in [9.17, 15) is 10.1 Å². The standard InChI is InChI=1S/C14H19N5O2/c1-9-5-10(7-11(6-9)19(20)21)13-17-16-12(8-15)18(13)14(2,3)4/h5-7H,8,15H2,1-4H3. The molecule has 7 heteroatoms. The van der Waals surface area contributed by atoms with Crippen LogP contribution in [0, 0.1) is 17.0 Å².